The van der Waals surface area contributed by atoms with Gasteiger partial charge in [-0.15, -0.1) is 11.3 Å². The number of morpholine rings is 1. The number of rotatable bonds is 6. The van der Waals surface area contributed by atoms with E-state index < -0.39 is 0 Å². The summed E-state index contributed by atoms with van der Waals surface area (Å²) >= 11 is 2.00. The minimum Gasteiger partial charge on any atom is -0.379 e. The molecule has 2 rings (SSSR count). The molecule has 0 radical (unpaired) electrons. The highest BCUT2D eigenvalue weighted by Crippen LogP contribution is 2.21. The van der Waals surface area contributed by atoms with Gasteiger partial charge in [0.1, 0.15) is 0 Å². The fourth-order valence-corrected chi connectivity index (χ4v) is 3.64. The molecule has 1 aliphatic rings. The van der Waals surface area contributed by atoms with E-state index in [1.807, 2.05) is 11.3 Å². The molecule has 0 amide bonds. The molecule has 0 atom stereocenters. The maximum Gasteiger partial charge on any atom is 0.0594 e. The molecule has 1 aromatic heterocycles. The van der Waals surface area contributed by atoms with Crippen LogP contribution < -0.4 is 0 Å². The topological polar surface area (TPSA) is 12.5 Å². The van der Waals surface area contributed by atoms with Gasteiger partial charge in [-0.3, -0.25) is 4.90 Å². The average Bonchev–Trinajstić information content (AvgIpc) is 2.77. The summed E-state index contributed by atoms with van der Waals surface area (Å²) in [6.07, 6.45) is 3.75. The van der Waals surface area contributed by atoms with Crippen molar-refractivity contribution in [1.82, 2.24) is 4.90 Å². The van der Waals surface area contributed by atoms with E-state index in [0.717, 1.165) is 32.2 Å². The highest BCUT2D eigenvalue weighted by molar-refractivity contribution is 7.11. The quantitative estimate of drug-likeness (QED) is 0.785. The Morgan fingerprint density at radius 2 is 1.94 bits per heavy atom. The van der Waals surface area contributed by atoms with Gasteiger partial charge in [0.2, 0.25) is 0 Å². The van der Waals surface area contributed by atoms with Crippen LogP contribution in [0.25, 0.3) is 0 Å². The molecule has 1 saturated heterocycles. The van der Waals surface area contributed by atoms with Crippen LogP contribution in [0.5, 0.6) is 0 Å². The third-order valence-electron chi connectivity index (χ3n) is 3.33. The summed E-state index contributed by atoms with van der Waals surface area (Å²) < 4.78 is 5.36. The van der Waals surface area contributed by atoms with Gasteiger partial charge in [0.25, 0.3) is 0 Å². The molecule has 2 nitrogen and oxygen atoms in total. The van der Waals surface area contributed by atoms with E-state index in [0.29, 0.717) is 0 Å². The van der Waals surface area contributed by atoms with E-state index in [1.54, 1.807) is 9.75 Å². The SMILES string of the molecule is CC(C)Cc1ccc(CCCN2CCOCC2)s1. The molecule has 102 valence electrons. The summed E-state index contributed by atoms with van der Waals surface area (Å²) in [5, 5.41) is 0. The molecule has 3 heteroatoms. The molecule has 0 aromatic carbocycles. The molecule has 0 aliphatic carbocycles. The van der Waals surface area contributed by atoms with E-state index in [1.165, 1.54) is 25.8 Å². The Kier molecular flexibility index (Phi) is 5.67. The van der Waals surface area contributed by atoms with Crippen LogP contribution in [0.2, 0.25) is 0 Å². The van der Waals surface area contributed by atoms with Gasteiger partial charge >= 0.3 is 0 Å². The highest BCUT2D eigenvalue weighted by Gasteiger charge is 2.09. The van der Waals surface area contributed by atoms with Crippen LogP contribution in [0.1, 0.15) is 30.0 Å². The summed E-state index contributed by atoms with van der Waals surface area (Å²) in [4.78, 5) is 5.62. The molecular formula is C15H25NOS. The van der Waals surface area contributed by atoms with Crippen LogP contribution in [-0.4, -0.2) is 37.7 Å². The molecule has 18 heavy (non-hydrogen) atoms. The van der Waals surface area contributed by atoms with E-state index in [2.05, 4.69) is 30.9 Å². The number of aryl methyl sites for hydroxylation is 1. The Labute approximate surface area is 115 Å². The van der Waals surface area contributed by atoms with Crippen LogP contribution in [0, 0.1) is 5.92 Å². The molecule has 1 aliphatic heterocycles. The first kappa shape index (κ1) is 14.0. The maximum atomic E-state index is 5.36. The first-order valence-electron chi connectivity index (χ1n) is 7.12. The standard InChI is InChI=1S/C15H25NOS/c1-13(2)12-15-6-5-14(18-15)4-3-7-16-8-10-17-11-9-16/h5-6,13H,3-4,7-12H2,1-2H3. The molecular weight excluding hydrogens is 242 g/mol. The maximum absolute atomic E-state index is 5.36. The minimum absolute atomic E-state index is 0.768. The van der Waals surface area contributed by atoms with Gasteiger partial charge in [0, 0.05) is 22.8 Å². The molecule has 0 saturated carbocycles. The van der Waals surface area contributed by atoms with E-state index in [4.69, 9.17) is 4.74 Å². The van der Waals surface area contributed by atoms with Crippen LogP contribution in [0.4, 0.5) is 0 Å². The Morgan fingerprint density at radius 3 is 2.67 bits per heavy atom. The van der Waals surface area contributed by atoms with Crippen molar-refractivity contribution in [2.45, 2.75) is 33.1 Å². The largest absolute Gasteiger partial charge is 0.379 e. The van der Waals surface area contributed by atoms with Gasteiger partial charge in [0.15, 0.2) is 0 Å². The number of thiophene rings is 1. The number of nitrogens with zero attached hydrogens (tertiary/aromatic N) is 1. The van der Waals surface area contributed by atoms with Crippen molar-refractivity contribution in [3.63, 3.8) is 0 Å². The van der Waals surface area contributed by atoms with Gasteiger partial charge < -0.3 is 4.74 Å². The van der Waals surface area contributed by atoms with Crippen LogP contribution in [0.15, 0.2) is 12.1 Å². The second-order valence-electron chi connectivity index (χ2n) is 5.52. The minimum atomic E-state index is 0.768. The van der Waals surface area contributed by atoms with Crippen LogP contribution in [0.3, 0.4) is 0 Å². The molecule has 1 fully saturated rings. The number of hydrogen-bond donors (Lipinski definition) is 0. The third-order valence-corrected chi connectivity index (χ3v) is 4.50. The predicted octanol–water partition coefficient (Wildman–Crippen LogP) is 3.21. The normalized spacial score (nSPS) is 17.5. The summed E-state index contributed by atoms with van der Waals surface area (Å²) in [6, 6.07) is 4.64. The first-order chi connectivity index (χ1) is 8.74. The lowest BCUT2D eigenvalue weighted by Gasteiger charge is -2.26. The van der Waals surface area contributed by atoms with Crippen molar-refractivity contribution in [3.05, 3.63) is 21.9 Å². The van der Waals surface area contributed by atoms with E-state index in [-0.39, 0.29) is 0 Å². The van der Waals surface area contributed by atoms with Gasteiger partial charge in [-0.25, -0.2) is 0 Å². The summed E-state index contributed by atoms with van der Waals surface area (Å²) in [5.74, 6) is 0.768. The Bertz CT molecular complexity index is 342. The predicted molar refractivity (Wildman–Crippen MR) is 78.4 cm³/mol. The second-order valence-corrected chi connectivity index (χ2v) is 6.78. The summed E-state index contributed by atoms with van der Waals surface area (Å²) in [5.41, 5.74) is 0. The highest BCUT2D eigenvalue weighted by atomic mass is 32.1. The zero-order valence-corrected chi connectivity index (χ0v) is 12.5. The van der Waals surface area contributed by atoms with Crippen LogP contribution in [-0.2, 0) is 17.6 Å². The summed E-state index contributed by atoms with van der Waals surface area (Å²) in [6.45, 7) is 9.86. The zero-order valence-electron chi connectivity index (χ0n) is 11.7. The van der Waals surface area contributed by atoms with Crippen LogP contribution >= 0.6 is 11.3 Å². The van der Waals surface area contributed by atoms with Gasteiger partial charge in [-0.1, -0.05) is 13.8 Å². The van der Waals surface area contributed by atoms with Crippen molar-refractivity contribution in [2.75, 3.05) is 32.8 Å². The molecule has 0 N–H and O–H groups in total. The lowest BCUT2D eigenvalue weighted by Crippen LogP contribution is -2.36. The fraction of sp³-hybridized carbons (Fsp3) is 0.733. The van der Waals surface area contributed by atoms with E-state index >= 15 is 0 Å². The van der Waals surface area contributed by atoms with Crippen molar-refractivity contribution >= 4 is 11.3 Å². The second kappa shape index (κ2) is 7.27. The zero-order chi connectivity index (χ0) is 12.8. The van der Waals surface area contributed by atoms with Gasteiger partial charge in [-0.05, 0) is 43.9 Å². The van der Waals surface area contributed by atoms with Gasteiger partial charge in [-0.2, -0.15) is 0 Å². The lowest BCUT2D eigenvalue weighted by molar-refractivity contribution is 0.0375. The fourth-order valence-electron chi connectivity index (χ4n) is 2.37. The average molecular weight is 267 g/mol. The third kappa shape index (κ3) is 4.71. The first-order valence-corrected chi connectivity index (χ1v) is 7.93. The Morgan fingerprint density at radius 1 is 1.22 bits per heavy atom. The molecule has 1 aromatic rings. The Hall–Kier alpha value is -0.380. The molecule has 0 spiro atoms. The van der Waals surface area contributed by atoms with Gasteiger partial charge in [0.05, 0.1) is 13.2 Å². The van der Waals surface area contributed by atoms with Crippen molar-refractivity contribution < 1.29 is 4.74 Å². The van der Waals surface area contributed by atoms with E-state index in [9.17, 15) is 0 Å². The smallest absolute Gasteiger partial charge is 0.0594 e. The Balaban J connectivity index is 1.67. The van der Waals surface area contributed by atoms with Crippen molar-refractivity contribution in [2.24, 2.45) is 5.92 Å². The number of ether oxygens (including phenoxy) is 1. The lowest BCUT2D eigenvalue weighted by atomic mass is 10.1. The number of hydrogen-bond acceptors (Lipinski definition) is 3. The molecule has 0 bridgehead atoms. The molecule has 0 unspecified atom stereocenters. The molecule has 2 heterocycles. The van der Waals surface area contributed by atoms with Crippen molar-refractivity contribution in [3.8, 4) is 0 Å². The van der Waals surface area contributed by atoms with Crippen molar-refractivity contribution in [1.29, 1.82) is 0 Å². The summed E-state index contributed by atoms with van der Waals surface area (Å²) in [7, 11) is 0. The monoisotopic (exact) mass is 267 g/mol.